The highest BCUT2D eigenvalue weighted by atomic mass is 16.3. The maximum Gasteiger partial charge on any atom is 0.139 e. The van der Waals surface area contributed by atoms with Crippen LogP contribution in [0.3, 0.4) is 0 Å². The molecule has 0 spiro atoms. The lowest BCUT2D eigenvalue weighted by molar-refractivity contribution is 0.477. The Labute approximate surface area is 64.9 Å². The Balaban J connectivity index is 3.12. The molecule has 0 aliphatic rings. The fourth-order valence-electron chi connectivity index (χ4n) is 0.813. The van der Waals surface area contributed by atoms with Gasteiger partial charge in [-0.25, -0.2) is 0 Å². The zero-order valence-electron chi connectivity index (χ0n) is 6.13. The van der Waals surface area contributed by atoms with E-state index in [-0.39, 0.29) is 5.75 Å². The first-order chi connectivity index (χ1) is 5.27. The molecule has 0 radical (unpaired) electrons. The van der Waals surface area contributed by atoms with Crippen LogP contribution in [0.2, 0.25) is 0 Å². The molecule has 1 aromatic carbocycles. The van der Waals surface area contributed by atoms with Crippen LogP contribution in [0.15, 0.2) is 18.2 Å². The summed E-state index contributed by atoms with van der Waals surface area (Å²) in [6.07, 6.45) is 0. The lowest BCUT2D eigenvalue weighted by Crippen LogP contribution is -1.88. The Hall–Kier alpha value is -1.69. The molecule has 1 aromatic rings. The third-order valence-electron chi connectivity index (χ3n) is 1.40. The molecule has 0 saturated heterocycles. The Kier molecular flexibility index (Phi) is 1.98. The number of hydrogen-bond acceptors (Lipinski definition) is 3. The molecule has 0 unspecified atom stereocenters. The van der Waals surface area contributed by atoms with Gasteiger partial charge in [-0.05, 0) is 18.2 Å². The van der Waals surface area contributed by atoms with Crippen LogP contribution in [-0.4, -0.2) is 12.2 Å². The van der Waals surface area contributed by atoms with E-state index in [1.165, 1.54) is 6.07 Å². The molecule has 3 heteroatoms. The number of rotatable bonds is 1. The number of anilines is 1. The third kappa shape index (κ3) is 1.41. The van der Waals surface area contributed by atoms with Gasteiger partial charge in [-0.1, -0.05) is 0 Å². The van der Waals surface area contributed by atoms with Crippen molar-refractivity contribution in [2.75, 3.05) is 12.4 Å². The molecule has 0 fully saturated rings. The Morgan fingerprint density at radius 3 is 2.73 bits per heavy atom. The molecule has 3 nitrogen and oxygen atoms in total. The zero-order valence-corrected chi connectivity index (χ0v) is 6.13. The van der Waals surface area contributed by atoms with Crippen LogP contribution in [0.1, 0.15) is 5.56 Å². The van der Waals surface area contributed by atoms with Crippen molar-refractivity contribution in [2.24, 2.45) is 0 Å². The van der Waals surface area contributed by atoms with Gasteiger partial charge in [0.1, 0.15) is 5.75 Å². The minimum Gasteiger partial charge on any atom is -0.506 e. The van der Waals surface area contributed by atoms with E-state index in [4.69, 9.17) is 5.26 Å². The number of nitrogens with zero attached hydrogens (tertiary/aromatic N) is 1. The lowest BCUT2D eigenvalue weighted by Gasteiger charge is -2.01. The third-order valence-corrected chi connectivity index (χ3v) is 1.40. The standard InChI is InChI=1S/C8H8N2O/c1-10-7-3-2-6(5-9)4-8(7)11/h2-4,10-11H,1H3. The van der Waals surface area contributed by atoms with Crippen LogP contribution in [0.25, 0.3) is 0 Å². The van der Waals surface area contributed by atoms with Gasteiger partial charge in [0.2, 0.25) is 0 Å². The van der Waals surface area contributed by atoms with Gasteiger partial charge >= 0.3 is 0 Å². The summed E-state index contributed by atoms with van der Waals surface area (Å²) in [6, 6.07) is 6.66. The van der Waals surface area contributed by atoms with Gasteiger partial charge in [-0.2, -0.15) is 5.26 Å². The van der Waals surface area contributed by atoms with E-state index in [9.17, 15) is 5.11 Å². The average molecular weight is 148 g/mol. The molecule has 0 saturated carbocycles. The summed E-state index contributed by atoms with van der Waals surface area (Å²) in [7, 11) is 1.71. The van der Waals surface area contributed by atoms with Crippen LogP contribution in [0.4, 0.5) is 5.69 Å². The maximum absolute atomic E-state index is 9.21. The summed E-state index contributed by atoms with van der Waals surface area (Å²) in [6.45, 7) is 0. The van der Waals surface area contributed by atoms with E-state index < -0.39 is 0 Å². The topological polar surface area (TPSA) is 56.0 Å². The van der Waals surface area contributed by atoms with Crippen LogP contribution in [0, 0.1) is 11.3 Å². The van der Waals surface area contributed by atoms with Crippen molar-refractivity contribution < 1.29 is 5.11 Å². The van der Waals surface area contributed by atoms with Gasteiger partial charge in [-0.15, -0.1) is 0 Å². The second-order valence-electron chi connectivity index (χ2n) is 2.09. The first-order valence-electron chi connectivity index (χ1n) is 3.19. The molecule has 0 amide bonds. The summed E-state index contributed by atoms with van der Waals surface area (Å²) in [4.78, 5) is 0. The second-order valence-corrected chi connectivity index (χ2v) is 2.09. The molecule has 0 aromatic heterocycles. The van der Waals surface area contributed by atoms with Crippen LogP contribution >= 0.6 is 0 Å². The average Bonchev–Trinajstić information content (AvgIpc) is 2.04. The SMILES string of the molecule is CNc1ccc(C#N)cc1O. The minimum absolute atomic E-state index is 0.103. The van der Waals surface area contributed by atoms with E-state index in [0.29, 0.717) is 11.3 Å². The van der Waals surface area contributed by atoms with Gasteiger partial charge in [0.05, 0.1) is 17.3 Å². The Morgan fingerprint density at radius 1 is 1.55 bits per heavy atom. The minimum atomic E-state index is 0.103. The summed E-state index contributed by atoms with van der Waals surface area (Å²) in [5.41, 5.74) is 1.09. The summed E-state index contributed by atoms with van der Waals surface area (Å²) < 4.78 is 0. The number of hydrogen-bond donors (Lipinski definition) is 2. The quantitative estimate of drug-likeness (QED) is 0.590. The molecule has 0 aliphatic carbocycles. The molecule has 2 N–H and O–H groups in total. The molecule has 11 heavy (non-hydrogen) atoms. The first-order valence-corrected chi connectivity index (χ1v) is 3.19. The first kappa shape index (κ1) is 7.42. The molecule has 0 bridgehead atoms. The van der Waals surface area contributed by atoms with Crippen molar-refractivity contribution >= 4 is 5.69 Å². The van der Waals surface area contributed by atoms with E-state index in [1.54, 1.807) is 19.2 Å². The number of nitrogens with one attached hydrogen (secondary N) is 1. The number of nitriles is 1. The van der Waals surface area contributed by atoms with Crippen LogP contribution in [-0.2, 0) is 0 Å². The molecule has 0 heterocycles. The van der Waals surface area contributed by atoms with Crippen molar-refractivity contribution in [3.63, 3.8) is 0 Å². The van der Waals surface area contributed by atoms with Crippen molar-refractivity contribution in [1.82, 2.24) is 0 Å². The molecule has 0 atom stereocenters. The second kappa shape index (κ2) is 2.93. The van der Waals surface area contributed by atoms with Crippen LogP contribution in [0.5, 0.6) is 5.75 Å². The molecular weight excluding hydrogens is 140 g/mol. The molecule has 0 aliphatic heterocycles. The van der Waals surface area contributed by atoms with E-state index >= 15 is 0 Å². The lowest BCUT2D eigenvalue weighted by atomic mass is 10.2. The van der Waals surface area contributed by atoms with Crippen molar-refractivity contribution in [1.29, 1.82) is 5.26 Å². The number of aromatic hydroxyl groups is 1. The molecule has 56 valence electrons. The van der Waals surface area contributed by atoms with Crippen molar-refractivity contribution in [3.05, 3.63) is 23.8 Å². The van der Waals surface area contributed by atoms with E-state index in [0.717, 1.165) is 0 Å². The fourth-order valence-corrected chi connectivity index (χ4v) is 0.813. The highest BCUT2D eigenvalue weighted by molar-refractivity contribution is 5.58. The summed E-state index contributed by atoms with van der Waals surface area (Å²) in [5, 5.41) is 20.4. The smallest absolute Gasteiger partial charge is 0.139 e. The predicted molar refractivity (Wildman–Crippen MR) is 42.4 cm³/mol. The summed E-state index contributed by atoms with van der Waals surface area (Å²) in [5.74, 6) is 0.103. The van der Waals surface area contributed by atoms with Gasteiger partial charge < -0.3 is 10.4 Å². The van der Waals surface area contributed by atoms with Crippen molar-refractivity contribution in [3.8, 4) is 11.8 Å². The van der Waals surface area contributed by atoms with Gasteiger partial charge in [0.15, 0.2) is 0 Å². The van der Waals surface area contributed by atoms with Crippen LogP contribution < -0.4 is 5.32 Å². The fraction of sp³-hybridized carbons (Fsp3) is 0.125. The monoisotopic (exact) mass is 148 g/mol. The molecule has 1 rings (SSSR count). The summed E-state index contributed by atoms with van der Waals surface area (Å²) >= 11 is 0. The molecular formula is C8H8N2O. The largest absolute Gasteiger partial charge is 0.506 e. The highest BCUT2D eigenvalue weighted by Crippen LogP contribution is 2.22. The maximum atomic E-state index is 9.21. The normalized spacial score (nSPS) is 8.73. The van der Waals surface area contributed by atoms with Gasteiger partial charge in [-0.3, -0.25) is 0 Å². The Morgan fingerprint density at radius 2 is 2.27 bits per heavy atom. The number of phenols is 1. The highest BCUT2D eigenvalue weighted by Gasteiger charge is 1.98. The Bertz CT molecular complexity index is 301. The zero-order chi connectivity index (χ0) is 8.27. The van der Waals surface area contributed by atoms with E-state index in [1.807, 2.05) is 6.07 Å². The van der Waals surface area contributed by atoms with Gasteiger partial charge in [0, 0.05) is 7.05 Å². The number of phenolic OH excluding ortho intramolecular Hbond substituents is 1. The number of benzene rings is 1. The predicted octanol–water partition coefficient (Wildman–Crippen LogP) is 1.31. The van der Waals surface area contributed by atoms with Gasteiger partial charge in [0.25, 0.3) is 0 Å². The van der Waals surface area contributed by atoms with E-state index in [2.05, 4.69) is 5.32 Å². The van der Waals surface area contributed by atoms with Crippen molar-refractivity contribution in [2.45, 2.75) is 0 Å².